The fourth-order valence-corrected chi connectivity index (χ4v) is 2.13. The molecular formula is C16H24ClNO3. The van der Waals surface area contributed by atoms with Gasteiger partial charge in [-0.15, -0.1) is 0 Å². The number of halogens is 1. The topological polar surface area (TPSA) is 61.5 Å². The molecule has 0 saturated heterocycles. The average molecular weight is 314 g/mol. The Hall–Kier alpha value is -1.26. The van der Waals surface area contributed by atoms with E-state index in [1.807, 2.05) is 19.9 Å². The van der Waals surface area contributed by atoms with Crippen molar-refractivity contribution in [3.05, 3.63) is 28.8 Å². The van der Waals surface area contributed by atoms with E-state index in [0.29, 0.717) is 30.2 Å². The Morgan fingerprint density at radius 2 is 2.00 bits per heavy atom. The molecule has 0 saturated carbocycles. The maximum absolute atomic E-state index is 11.8. The van der Waals surface area contributed by atoms with Gasteiger partial charge >= 0.3 is 5.97 Å². The van der Waals surface area contributed by atoms with E-state index < -0.39 is 6.10 Å². The third-order valence-corrected chi connectivity index (χ3v) is 3.45. The first-order valence-corrected chi connectivity index (χ1v) is 7.76. The quantitative estimate of drug-likeness (QED) is 0.748. The molecule has 0 aliphatic carbocycles. The van der Waals surface area contributed by atoms with Crippen LogP contribution < -0.4 is 10.5 Å². The van der Waals surface area contributed by atoms with E-state index in [1.165, 1.54) is 0 Å². The van der Waals surface area contributed by atoms with Gasteiger partial charge in [0.1, 0.15) is 5.75 Å². The summed E-state index contributed by atoms with van der Waals surface area (Å²) in [5.74, 6) is 0.295. The van der Waals surface area contributed by atoms with Crippen molar-refractivity contribution in [3.8, 4) is 5.75 Å². The van der Waals surface area contributed by atoms with Crippen LogP contribution in [0.5, 0.6) is 5.75 Å². The number of benzene rings is 1. The monoisotopic (exact) mass is 313 g/mol. The third-order valence-electron chi connectivity index (χ3n) is 3.22. The lowest BCUT2D eigenvalue weighted by Gasteiger charge is -2.19. The standard InChI is InChI=1S/C16H24ClNO3/c1-4-13(18)10-11-9-12(17)7-8-15(11)21-14(5-2)16(19)20-6-3/h7-9,13-14H,4-6,10,18H2,1-3H3. The highest BCUT2D eigenvalue weighted by Gasteiger charge is 2.21. The summed E-state index contributed by atoms with van der Waals surface area (Å²) in [5.41, 5.74) is 6.92. The summed E-state index contributed by atoms with van der Waals surface area (Å²) in [6, 6.07) is 5.40. The van der Waals surface area contributed by atoms with E-state index in [9.17, 15) is 4.79 Å². The van der Waals surface area contributed by atoms with E-state index in [1.54, 1.807) is 19.1 Å². The first kappa shape index (κ1) is 17.8. The smallest absolute Gasteiger partial charge is 0.347 e. The van der Waals surface area contributed by atoms with Crippen LogP contribution in [0.1, 0.15) is 39.2 Å². The molecular weight excluding hydrogens is 290 g/mol. The minimum absolute atomic E-state index is 0.0356. The number of esters is 1. The molecule has 0 aliphatic heterocycles. The lowest BCUT2D eigenvalue weighted by Crippen LogP contribution is -2.29. The minimum Gasteiger partial charge on any atom is -0.478 e. The van der Waals surface area contributed by atoms with Gasteiger partial charge < -0.3 is 15.2 Å². The molecule has 5 heteroatoms. The molecule has 0 fully saturated rings. The number of carbonyl (C=O) groups excluding carboxylic acids is 1. The Bertz CT molecular complexity index is 465. The normalized spacial score (nSPS) is 13.6. The predicted octanol–water partition coefficient (Wildman–Crippen LogP) is 3.34. The molecule has 21 heavy (non-hydrogen) atoms. The number of carbonyl (C=O) groups is 1. The highest BCUT2D eigenvalue weighted by atomic mass is 35.5. The summed E-state index contributed by atoms with van der Waals surface area (Å²) in [5, 5.41) is 0.629. The van der Waals surface area contributed by atoms with Crippen LogP contribution in [0.4, 0.5) is 0 Å². The molecule has 0 amide bonds. The number of hydrogen-bond acceptors (Lipinski definition) is 4. The lowest BCUT2D eigenvalue weighted by atomic mass is 10.0. The van der Waals surface area contributed by atoms with Gasteiger partial charge in [0, 0.05) is 11.1 Å². The number of nitrogens with two attached hydrogens (primary N) is 1. The Kier molecular flexibility index (Phi) is 7.54. The van der Waals surface area contributed by atoms with Gasteiger partial charge in [-0.05, 0) is 49.9 Å². The van der Waals surface area contributed by atoms with Gasteiger partial charge in [-0.1, -0.05) is 25.4 Å². The molecule has 1 aromatic carbocycles. The summed E-state index contributed by atoms with van der Waals surface area (Å²) in [7, 11) is 0. The summed E-state index contributed by atoms with van der Waals surface area (Å²) in [6.07, 6.45) is 1.45. The molecule has 2 atom stereocenters. The predicted molar refractivity (Wildman–Crippen MR) is 84.8 cm³/mol. The Balaban J connectivity index is 2.92. The van der Waals surface area contributed by atoms with Crippen molar-refractivity contribution in [2.75, 3.05) is 6.61 Å². The third kappa shape index (κ3) is 5.56. The van der Waals surface area contributed by atoms with Crippen LogP contribution in [0, 0.1) is 0 Å². The van der Waals surface area contributed by atoms with Crippen LogP contribution >= 0.6 is 11.6 Å². The van der Waals surface area contributed by atoms with Gasteiger partial charge in [0.2, 0.25) is 0 Å². The molecule has 0 aliphatic rings. The van der Waals surface area contributed by atoms with Crippen molar-refractivity contribution in [1.29, 1.82) is 0 Å². The van der Waals surface area contributed by atoms with Crippen LogP contribution in [0.2, 0.25) is 5.02 Å². The Morgan fingerprint density at radius 1 is 1.29 bits per heavy atom. The largest absolute Gasteiger partial charge is 0.478 e. The Labute approximate surface area is 131 Å². The molecule has 2 N–H and O–H groups in total. The van der Waals surface area contributed by atoms with Crippen molar-refractivity contribution < 1.29 is 14.3 Å². The van der Waals surface area contributed by atoms with Crippen molar-refractivity contribution in [1.82, 2.24) is 0 Å². The van der Waals surface area contributed by atoms with E-state index in [-0.39, 0.29) is 12.0 Å². The first-order chi connectivity index (χ1) is 10.0. The summed E-state index contributed by atoms with van der Waals surface area (Å²) in [4.78, 5) is 11.8. The van der Waals surface area contributed by atoms with Gasteiger partial charge in [0.15, 0.2) is 6.10 Å². The Morgan fingerprint density at radius 3 is 2.57 bits per heavy atom. The van der Waals surface area contributed by atoms with Gasteiger partial charge in [-0.3, -0.25) is 0 Å². The van der Waals surface area contributed by atoms with Crippen LogP contribution in [0.25, 0.3) is 0 Å². The maximum atomic E-state index is 11.8. The van der Waals surface area contributed by atoms with Crippen molar-refractivity contribution in [2.45, 2.75) is 52.2 Å². The number of hydrogen-bond donors (Lipinski definition) is 1. The summed E-state index contributed by atoms with van der Waals surface area (Å²) >= 11 is 6.04. The van der Waals surface area contributed by atoms with Crippen LogP contribution in [-0.4, -0.2) is 24.7 Å². The van der Waals surface area contributed by atoms with E-state index in [2.05, 4.69) is 0 Å². The summed E-state index contributed by atoms with van der Waals surface area (Å²) < 4.78 is 10.8. The molecule has 0 spiro atoms. The number of ether oxygens (including phenoxy) is 2. The van der Waals surface area contributed by atoms with Crippen molar-refractivity contribution in [3.63, 3.8) is 0 Å². The fourth-order valence-electron chi connectivity index (χ4n) is 1.94. The van der Waals surface area contributed by atoms with Crippen molar-refractivity contribution in [2.24, 2.45) is 5.73 Å². The summed E-state index contributed by atoms with van der Waals surface area (Å²) in [6.45, 7) is 6.03. The molecule has 2 unspecified atom stereocenters. The number of rotatable bonds is 8. The van der Waals surface area contributed by atoms with E-state index in [0.717, 1.165) is 12.0 Å². The molecule has 4 nitrogen and oxygen atoms in total. The van der Waals surface area contributed by atoms with Gasteiger partial charge in [-0.25, -0.2) is 4.79 Å². The fraction of sp³-hybridized carbons (Fsp3) is 0.562. The molecule has 0 radical (unpaired) electrons. The van der Waals surface area contributed by atoms with E-state index in [4.69, 9.17) is 26.8 Å². The lowest BCUT2D eigenvalue weighted by molar-refractivity contribution is -0.151. The first-order valence-electron chi connectivity index (χ1n) is 7.39. The zero-order valence-electron chi connectivity index (χ0n) is 12.9. The highest BCUT2D eigenvalue weighted by Crippen LogP contribution is 2.26. The highest BCUT2D eigenvalue weighted by molar-refractivity contribution is 6.30. The van der Waals surface area contributed by atoms with Gasteiger partial charge in [-0.2, -0.15) is 0 Å². The maximum Gasteiger partial charge on any atom is 0.347 e. The molecule has 0 aromatic heterocycles. The minimum atomic E-state index is -0.609. The second kappa shape index (κ2) is 8.90. The van der Waals surface area contributed by atoms with Crippen LogP contribution in [0.15, 0.2) is 18.2 Å². The molecule has 118 valence electrons. The van der Waals surface area contributed by atoms with Crippen LogP contribution in [-0.2, 0) is 16.0 Å². The van der Waals surface area contributed by atoms with Crippen molar-refractivity contribution >= 4 is 17.6 Å². The zero-order valence-corrected chi connectivity index (χ0v) is 13.7. The van der Waals surface area contributed by atoms with Gasteiger partial charge in [0.05, 0.1) is 6.61 Å². The molecule has 0 heterocycles. The molecule has 1 aromatic rings. The van der Waals surface area contributed by atoms with Gasteiger partial charge in [0.25, 0.3) is 0 Å². The van der Waals surface area contributed by atoms with E-state index >= 15 is 0 Å². The second-order valence-corrected chi connectivity index (χ2v) is 5.33. The zero-order chi connectivity index (χ0) is 15.8. The molecule has 0 bridgehead atoms. The molecule has 1 rings (SSSR count). The average Bonchev–Trinajstić information content (AvgIpc) is 2.46. The second-order valence-electron chi connectivity index (χ2n) is 4.89. The SMILES string of the molecule is CCOC(=O)C(CC)Oc1ccc(Cl)cc1CC(N)CC. The van der Waals surface area contributed by atoms with Crippen LogP contribution in [0.3, 0.4) is 0 Å².